The summed E-state index contributed by atoms with van der Waals surface area (Å²) in [5, 5.41) is 35.5. The molecule has 0 heterocycles. The molecule has 2 aromatic carbocycles. The van der Waals surface area contributed by atoms with Crippen LogP contribution in [0, 0.1) is 23.0 Å². The number of carboxylic acid groups (broad SMARTS) is 2. The highest BCUT2D eigenvalue weighted by molar-refractivity contribution is 5.92. The Morgan fingerprint density at radius 2 is 1.17 bits per heavy atom. The molecule has 0 amide bonds. The van der Waals surface area contributed by atoms with Gasteiger partial charge in [-0.05, 0) is 36.4 Å². The minimum absolute atomic E-state index is 0.0664. The molecule has 0 aliphatic carbocycles. The van der Waals surface area contributed by atoms with E-state index in [2.05, 4.69) is 0 Å². The summed E-state index contributed by atoms with van der Waals surface area (Å²) in [6, 6.07) is 7.59. The SMILES string of the molecule is N#COc1cc(C(=O)O)ccc1-c1ccc(C(=O)O)cc1OC#N. The van der Waals surface area contributed by atoms with Crippen LogP contribution in [0.2, 0.25) is 0 Å². The molecule has 0 bridgehead atoms. The van der Waals surface area contributed by atoms with E-state index in [-0.39, 0.29) is 33.8 Å². The van der Waals surface area contributed by atoms with Gasteiger partial charge >= 0.3 is 11.9 Å². The van der Waals surface area contributed by atoms with E-state index < -0.39 is 11.9 Å². The van der Waals surface area contributed by atoms with Crippen LogP contribution >= 0.6 is 0 Å². The van der Waals surface area contributed by atoms with Gasteiger partial charge in [0.05, 0.1) is 11.1 Å². The zero-order valence-corrected chi connectivity index (χ0v) is 11.9. The lowest BCUT2D eigenvalue weighted by atomic mass is 10.00. The number of hydrogen-bond acceptors (Lipinski definition) is 6. The van der Waals surface area contributed by atoms with E-state index in [0.29, 0.717) is 0 Å². The van der Waals surface area contributed by atoms with Gasteiger partial charge in [-0.1, -0.05) is 0 Å². The Morgan fingerprint density at radius 1 is 0.792 bits per heavy atom. The third-order valence-corrected chi connectivity index (χ3v) is 3.06. The Labute approximate surface area is 135 Å². The molecule has 0 saturated heterocycles. The van der Waals surface area contributed by atoms with Crippen LogP contribution in [0.15, 0.2) is 36.4 Å². The van der Waals surface area contributed by atoms with Crippen LogP contribution in [0.25, 0.3) is 11.1 Å². The molecule has 118 valence electrons. The van der Waals surface area contributed by atoms with Crippen molar-refractivity contribution in [1.29, 1.82) is 10.5 Å². The highest BCUT2D eigenvalue weighted by atomic mass is 16.5. The second kappa shape index (κ2) is 6.81. The Kier molecular flexibility index (Phi) is 4.64. The maximum Gasteiger partial charge on any atom is 0.335 e. The van der Waals surface area contributed by atoms with E-state index in [1.54, 1.807) is 0 Å². The van der Waals surface area contributed by atoms with E-state index in [4.69, 9.17) is 30.2 Å². The molecule has 8 heteroatoms. The van der Waals surface area contributed by atoms with Crippen molar-refractivity contribution in [3.05, 3.63) is 47.5 Å². The summed E-state index contributed by atoms with van der Waals surface area (Å²) in [5.41, 5.74) is 0.329. The molecule has 24 heavy (non-hydrogen) atoms. The zero-order chi connectivity index (χ0) is 17.7. The summed E-state index contributed by atoms with van der Waals surface area (Å²) in [7, 11) is 0. The van der Waals surface area contributed by atoms with Gasteiger partial charge in [0.25, 0.3) is 12.5 Å². The van der Waals surface area contributed by atoms with Gasteiger partial charge in [0.2, 0.25) is 0 Å². The van der Waals surface area contributed by atoms with E-state index in [9.17, 15) is 9.59 Å². The molecule has 0 fully saturated rings. The summed E-state index contributed by atoms with van der Waals surface area (Å²) < 4.78 is 9.56. The molecule has 2 aromatic rings. The molecule has 2 rings (SSSR count). The highest BCUT2D eigenvalue weighted by Gasteiger charge is 2.17. The molecule has 0 saturated carbocycles. The fourth-order valence-electron chi connectivity index (χ4n) is 2.02. The summed E-state index contributed by atoms with van der Waals surface area (Å²) >= 11 is 0. The van der Waals surface area contributed by atoms with Crippen molar-refractivity contribution in [2.24, 2.45) is 0 Å². The third kappa shape index (κ3) is 3.24. The molecule has 0 atom stereocenters. The Morgan fingerprint density at radius 3 is 1.46 bits per heavy atom. The number of benzene rings is 2. The summed E-state index contributed by atoms with van der Waals surface area (Å²) in [4.78, 5) is 22.0. The maximum atomic E-state index is 11.0. The minimum Gasteiger partial charge on any atom is -0.478 e. The molecule has 0 unspecified atom stereocenters. The summed E-state index contributed by atoms with van der Waals surface area (Å²) in [5.74, 6) is -2.55. The second-order valence-corrected chi connectivity index (χ2v) is 4.42. The molecule has 0 spiro atoms. The van der Waals surface area contributed by atoms with Gasteiger partial charge in [-0.25, -0.2) is 9.59 Å². The highest BCUT2D eigenvalue weighted by Crippen LogP contribution is 2.37. The van der Waals surface area contributed by atoms with Crippen LogP contribution < -0.4 is 9.47 Å². The van der Waals surface area contributed by atoms with E-state index in [1.165, 1.54) is 36.8 Å². The Balaban J connectivity index is 2.66. The zero-order valence-electron chi connectivity index (χ0n) is 11.9. The fourth-order valence-corrected chi connectivity index (χ4v) is 2.02. The Bertz CT molecular complexity index is 832. The van der Waals surface area contributed by atoms with Gasteiger partial charge in [0.1, 0.15) is 0 Å². The largest absolute Gasteiger partial charge is 0.478 e. The first-order valence-electron chi connectivity index (χ1n) is 6.35. The monoisotopic (exact) mass is 324 g/mol. The number of aromatic carboxylic acids is 2. The van der Waals surface area contributed by atoms with Crippen LogP contribution in [-0.4, -0.2) is 22.2 Å². The predicted octanol–water partition coefficient (Wildman–Crippen LogP) is 2.47. The van der Waals surface area contributed by atoms with Crippen molar-refractivity contribution in [1.82, 2.24) is 0 Å². The number of nitriles is 2. The molecular formula is C16H8N2O6. The topological polar surface area (TPSA) is 141 Å². The number of nitrogens with zero attached hydrogens (tertiary/aromatic N) is 2. The van der Waals surface area contributed by atoms with Crippen LogP contribution in [-0.2, 0) is 0 Å². The van der Waals surface area contributed by atoms with Crippen molar-refractivity contribution in [2.45, 2.75) is 0 Å². The fraction of sp³-hybridized carbons (Fsp3) is 0. The minimum atomic E-state index is -1.21. The lowest BCUT2D eigenvalue weighted by Crippen LogP contribution is -2.00. The molecule has 2 N–H and O–H groups in total. The number of ether oxygens (including phenoxy) is 2. The van der Waals surface area contributed by atoms with Crippen molar-refractivity contribution < 1.29 is 29.3 Å². The van der Waals surface area contributed by atoms with Gasteiger partial charge in [0.15, 0.2) is 11.5 Å². The molecule has 0 aromatic heterocycles. The first kappa shape index (κ1) is 16.3. The van der Waals surface area contributed by atoms with E-state index in [0.717, 1.165) is 12.1 Å². The van der Waals surface area contributed by atoms with Gasteiger partial charge < -0.3 is 19.7 Å². The summed E-state index contributed by atoms with van der Waals surface area (Å²) in [6.07, 6.45) is 2.90. The normalized spacial score (nSPS) is 9.42. The average molecular weight is 324 g/mol. The standard InChI is InChI=1S/C16H8N2O6/c17-7-23-13-5-9(15(19)20)1-3-11(13)12-4-2-10(16(21)22)6-14(12)24-8-18/h1-6H,(H,19,20)(H,21,22). The van der Waals surface area contributed by atoms with Gasteiger partial charge in [-0.15, -0.1) is 10.5 Å². The quantitative estimate of drug-likeness (QED) is 0.799. The smallest absolute Gasteiger partial charge is 0.335 e. The first-order chi connectivity index (χ1) is 11.5. The molecular weight excluding hydrogens is 316 g/mol. The number of hydrogen-bond donors (Lipinski definition) is 2. The molecule has 0 radical (unpaired) electrons. The van der Waals surface area contributed by atoms with Crippen molar-refractivity contribution in [3.8, 4) is 35.1 Å². The lowest BCUT2D eigenvalue weighted by Gasteiger charge is -2.11. The maximum absolute atomic E-state index is 11.0. The van der Waals surface area contributed by atoms with Crippen LogP contribution in [0.3, 0.4) is 0 Å². The Hall–Kier alpha value is -4.04. The molecule has 0 aliphatic rings. The molecule has 0 aliphatic heterocycles. The predicted molar refractivity (Wildman–Crippen MR) is 78.3 cm³/mol. The first-order valence-corrected chi connectivity index (χ1v) is 6.35. The number of rotatable bonds is 5. The third-order valence-electron chi connectivity index (χ3n) is 3.06. The number of carboxylic acids is 2. The van der Waals surface area contributed by atoms with Gasteiger partial charge in [-0.2, -0.15) is 0 Å². The van der Waals surface area contributed by atoms with Gasteiger partial charge in [0, 0.05) is 11.1 Å². The van der Waals surface area contributed by atoms with E-state index in [1.807, 2.05) is 0 Å². The molecule has 8 nitrogen and oxygen atoms in total. The van der Waals surface area contributed by atoms with E-state index >= 15 is 0 Å². The van der Waals surface area contributed by atoms with Gasteiger partial charge in [-0.3, -0.25) is 0 Å². The summed E-state index contributed by atoms with van der Waals surface area (Å²) in [6.45, 7) is 0. The van der Waals surface area contributed by atoms with Crippen LogP contribution in [0.4, 0.5) is 0 Å². The van der Waals surface area contributed by atoms with Crippen molar-refractivity contribution in [2.75, 3.05) is 0 Å². The van der Waals surface area contributed by atoms with Crippen LogP contribution in [0.1, 0.15) is 20.7 Å². The number of carbonyl (C=O) groups is 2. The second-order valence-electron chi connectivity index (χ2n) is 4.42. The lowest BCUT2D eigenvalue weighted by molar-refractivity contribution is 0.0686. The van der Waals surface area contributed by atoms with Crippen LogP contribution in [0.5, 0.6) is 11.5 Å². The van der Waals surface area contributed by atoms with Crippen molar-refractivity contribution in [3.63, 3.8) is 0 Å². The average Bonchev–Trinajstić information content (AvgIpc) is 2.55. The van der Waals surface area contributed by atoms with Crippen molar-refractivity contribution >= 4 is 11.9 Å².